The van der Waals surface area contributed by atoms with Gasteiger partial charge < -0.3 is 19.7 Å². The molecule has 1 amide bonds. The van der Waals surface area contributed by atoms with Gasteiger partial charge in [-0.1, -0.05) is 24.3 Å². The van der Waals surface area contributed by atoms with Gasteiger partial charge in [0.25, 0.3) is 0 Å². The minimum absolute atomic E-state index is 0.153. The van der Waals surface area contributed by atoms with Crippen molar-refractivity contribution >= 4 is 12.0 Å². The van der Waals surface area contributed by atoms with E-state index in [1.54, 1.807) is 26.4 Å². The van der Waals surface area contributed by atoms with Gasteiger partial charge in [-0.15, -0.1) is 0 Å². The van der Waals surface area contributed by atoms with Crippen molar-refractivity contribution in [3.05, 3.63) is 65.2 Å². The molecule has 0 aliphatic rings. The van der Waals surface area contributed by atoms with Crippen LogP contribution in [0.2, 0.25) is 0 Å². The lowest BCUT2D eigenvalue weighted by molar-refractivity contribution is -0.116. The lowest BCUT2D eigenvalue weighted by Gasteiger charge is -2.10. The number of hydrogen-bond acceptors (Lipinski definition) is 4. The van der Waals surface area contributed by atoms with E-state index in [-0.39, 0.29) is 5.91 Å². The number of carbonyl (C=O) groups excluding carboxylic acids is 1. The van der Waals surface area contributed by atoms with E-state index in [2.05, 4.69) is 22.3 Å². The Morgan fingerprint density at radius 1 is 1.04 bits per heavy atom. The van der Waals surface area contributed by atoms with Crippen LogP contribution in [0.5, 0.6) is 11.5 Å². The first-order valence-corrected chi connectivity index (χ1v) is 8.42. The molecule has 2 rings (SSSR count). The highest BCUT2D eigenvalue weighted by molar-refractivity contribution is 5.92. The van der Waals surface area contributed by atoms with Gasteiger partial charge in [0.1, 0.15) is 11.5 Å². The molecule has 0 bridgehead atoms. The molecular formula is C21H26N2O3. The van der Waals surface area contributed by atoms with Crippen molar-refractivity contribution in [2.24, 2.45) is 0 Å². The standard InChI is InChI=1S/C21H26N2O3/c1-23(2)15-17-7-5-16(6-8-17)14-22-21(24)12-10-18-9-11-19(25-3)13-20(18)26-4/h5-13H,14-15H2,1-4H3,(H,22,24)/b12-10+. The van der Waals surface area contributed by atoms with Crippen LogP contribution in [0, 0.1) is 0 Å². The average Bonchev–Trinajstić information content (AvgIpc) is 2.65. The molecule has 0 heterocycles. The quantitative estimate of drug-likeness (QED) is 0.740. The zero-order valence-electron chi connectivity index (χ0n) is 15.8. The second kappa shape index (κ2) is 9.63. The van der Waals surface area contributed by atoms with Gasteiger partial charge in [-0.05, 0) is 43.4 Å². The maximum absolute atomic E-state index is 12.1. The van der Waals surface area contributed by atoms with Gasteiger partial charge in [-0.2, -0.15) is 0 Å². The third-order valence-electron chi connectivity index (χ3n) is 3.84. The predicted molar refractivity (Wildman–Crippen MR) is 104 cm³/mol. The Morgan fingerprint density at radius 3 is 2.35 bits per heavy atom. The Hall–Kier alpha value is -2.79. The number of hydrogen-bond donors (Lipinski definition) is 1. The topological polar surface area (TPSA) is 50.8 Å². The van der Waals surface area contributed by atoms with Gasteiger partial charge in [0, 0.05) is 30.8 Å². The highest BCUT2D eigenvalue weighted by Gasteiger charge is 2.03. The first-order chi connectivity index (χ1) is 12.5. The molecule has 0 fully saturated rings. The molecule has 2 aromatic carbocycles. The van der Waals surface area contributed by atoms with Gasteiger partial charge in [-0.3, -0.25) is 4.79 Å². The van der Waals surface area contributed by atoms with Gasteiger partial charge in [-0.25, -0.2) is 0 Å². The molecule has 5 heteroatoms. The maximum atomic E-state index is 12.1. The van der Waals surface area contributed by atoms with Crippen molar-refractivity contribution in [1.82, 2.24) is 10.2 Å². The maximum Gasteiger partial charge on any atom is 0.244 e. The Morgan fingerprint density at radius 2 is 1.73 bits per heavy atom. The van der Waals surface area contributed by atoms with Gasteiger partial charge in [0.05, 0.1) is 14.2 Å². The van der Waals surface area contributed by atoms with Gasteiger partial charge in [0.2, 0.25) is 5.91 Å². The van der Waals surface area contributed by atoms with Crippen molar-refractivity contribution in [1.29, 1.82) is 0 Å². The molecule has 0 spiro atoms. The largest absolute Gasteiger partial charge is 0.497 e. The Balaban J connectivity index is 1.91. The van der Waals surface area contributed by atoms with Crippen LogP contribution in [-0.2, 0) is 17.9 Å². The molecule has 0 aliphatic carbocycles. The van der Waals surface area contributed by atoms with E-state index in [1.165, 1.54) is 11.6 Å². The molecule has 0 unspecified atom stereocenters. The minimum atomic E-state index is -0.153. The molecule has 0 aromatic heterocycles. The summed E-state index contributed by atoms with van der Waals surface area (Å²) in [6.45, 7) is 1.39. The number of amides is 1. The second-order valence-corrected chi connectivity index (χ2v) is 6.21. The summed E-state index contributed by atoms with van der Waals surface area (Å²) >= 11 is 0. The molecule has 0 atom stereocenters. The number of rotatable bonds is 8. The summed E-state index contributed by atoms with van der Waals surface area (Å²) in [6, 6.07) is 13.7. The summed E-state index contributed by atoms with van der Waals surface area (Å²) < 4.78 is 10.5. The van der Waals surface area contributed by atoms with Crippen LogP contribution >= 0.6 is 0 Å². The number of methoxy groups -OCH3 is 2. The summed E-state index contributed by atoms with van der Waals surface area (Å²) in [6.07, 6.45) is 3.23. The monoisotopic (exact) mass is 354 g/mol. The van der Waals surface area contributed by atoms with E-state index in [0.717, 1.165) is 17.7 Å². The Bertz CT molecular complexity index is 752. The zero-order valence-corrected chi connectivity index (χ0v) is 15.8. The first kappa shape index (κ1) is 19.5. The van der Waals surface area contributed by atoms with Crippen molar-refractivity contribution in [3.63, 3.8) is 0 Å². The SMILES string of the molecule is COc1ccc(/C=C/C(=O)NCc2ccc(CN(C)C)cc2)c(OC)c1. The fourth-order valence-corrected chi connectivity index (χ4v) is 2.50. The smallest absolute Gasteiger partial charge is 0.244 e. The second-order valence-electron chi connectivity index (χ2n) is 6.21. The van der Waals surface area contributed by atoms with Gasteiger partial charge >= 0.3 is 0 Å². The molecule has 5 nitrogen and oxygen atoms in total. The summed E-state index contributed by atoms with van der Waals surface area (Å²) in [5.74, 6) is 1.21. The Kier molecular flexibility index (Phi) is 7.24. The van der Waals surface area contributed by atoms with E-state index >= 15 is 0 Å². The fourth-order valence-electron chi connectivity index (χ4n) is 2.50. The Labute approximate surface area is 155 Å². The average molecular weight is 354 g/mol. The highest BCUT2D eigenvalue weighted by Crippen LogP contribution is 2.25. The number of ether oxygens (including phenoxy) is 2. The van der Waals surface area contributed by atoms with Crippen LogP contribution in [0.3, 0.4) is 0 Å². The number of benzene rings is 2. The van der Waals surface area contributed by atoms with Crippen LogP contribution in [-0.4, -0.2) is 39.1 Å². The van der Waals surface area contributed by atoms with Crippen LogP contribution in [0.15, 0.2) is 48.5 Å². The van der Waals surface area contributed by atoms with Crippen LogP contribution in [0.1, 0.15) is 16.7 Å². The normalized spacial score (nSPS) is 11.0. The van der Waals surface area contributed by atoms with Crippen LogP contribution < -0.4 is 14.8 Å². The summed E-state index contributed by atoms with van der Waals surface area (Å²) in [5.41, 5.74) is 3.13. The van der Waals surface area contributed by atoms with Crippen molar-refractivity contribution in [2.75, 3.05) is 28.3 Å². The summed E-state index contributed by atoms with van der Waals surface area (Å²) in [4.78, 5) is 14.2. The molecule has 1 N–H and O–H groups in total. The molecule has 0 radical (unpaired) electrons. The lowest BCUT2D eigenvalue weighted by Crippen LogP contribution is -2.20. The van der Waals surface area contributed by atoms with Crippen molar-refractivity contribution in [3.8, 4) is 11.5 Å². The van der Waals surface area contributed by atoms with Crippen molar-refractivity contribution in [2.45, 2.75) is 13.1 Å². The van der Waals surface area contributed by atoms with E-state index in [4.69, 9.17) is 9.47 Å². The number of carbonyl (C=O) groups is 1. The zero-order chi connectivity index (χ0) is 18.9. The molecular weight excluding hydrogens is 328 g/mol. The predicted octanol–water partition coefficient (Wildman–Crippen LogP) is 3.10. The van der Waals surface area contributed by atoms with Crippen LogP contribution in [0.4, 0.5) is 0 Å². The summed E-state index contributed by atoms with van der Waals surface area (Å²) in [5, 5.41) is 2.89. The fraction of sp³-hybridized carbons (Fsp3) is 0.286. The molecule has 2 aromatic rings. The minimum Gasteiger partial charge on any atom is -0.497 e. The molecule has 138 valence electrons. The van der Waals surface area contributed by atoms with Crippen molar-refractivity contribution < 1.29 is 14.3 Å². The number of nitrogens with one attached hydrogen (secondary N) is 1. The van der Waals surface area contributed by atoms with E-state index in [1.807, 2.05) is 38.4 Å². The van der Waals surface area contributed by atoms with E-state index < -0.39 is 0 Å². The first-order valence-electron chi connectivity index (χ1n) is 8.42. The molecule has 0 saturated carbocycles. The lowest BCUT2D eigenvalue weighted by atomic mass is 10.1. The number of nitrogens with zero attached hydrogens (tertiary/aromatic N) is 1. The molecule has 0 aliphatic heterocycles. The van der Waals surface area contributed by atoms with Crippen LogP contribution in [0.25, 0.3) is 6.08 Å². The molecule has 26 heavy (non-hydrogen) atoms. The third kappa shape index (κ3) is 5.93. The van der Waals surface area contributed by atoms with E-state index in [9.17, 15) is 4.79 Å². The van der Waals surface area contributed by atoms with E-state index in [0.29, 0.717) is 18.0 Å². The summed E-state index contributed by atoms with van der Waals surface area (Å²) in [7, 11) is 7.27. The third-order valence-corrected chi connectivity index (χ3v) is 3.84. The molecule has 0 saturated heterocycles. The van der Waals surface area contributed by atoms with Gasteiger partial charge in [0.15, 0.2) is 0 Å². The highest BCUT2D eigenvalue weighted by atomic mass is 16.5.